The molecule has 2 heterocycles. The van der Waals surface area contributed by atoms with E-state index in [4.69, 9.17) is 21.2 Å². The van der Waals surface area contributed by atoms with Gasteiger partial charge in [0.05, 0.1) is 12.1 Å². The van der Waals surface area contributed by atoms with Gasteiger partial charge >= 0.3 is 5.91 Å². The number of carbonyl (C=O) groups excluding carboxylic acids is 2. The van der Waals surface area contributed by atoms with Crippen molar-refractivity contribution in [3.05, 3.63) is 41.0 Å². The molecule has 0 unspecified atom stereocenters. The number of fused-ring (bicyclic) bond motifs is 1. The number of halogens is 1. The summed E-state index contributed by atoms with van der Waals surface area (Å²) in [6, 6.07) is 7.50. The maximum absolute atomic E-state index is 11.0. The summed E-state index contributed by atoms with van der Waals surface area (Å²) in [6.45, 7) is 0.0790. The van der Waals surface area contributed by atoms with Crippen LogP contribution in [-0.4, -0.2) is 43.4 Å². The number of ether oxygens (including phenoxy) is 1. The number of nitrogens with zero attached hydrogens (tertiary/aromatic N) is 2. The van der Waals surface area contributed by atoms with Gasteiger partial charge in [-0.1, -0.05) is 11.6 Å². The van der Waals surface area contributed by atoms with E-state index in [1.807, 2.05) is 42.7 Å². The molecule has 9 heteroatoms. The third-order valence-corrected chi connectivity index (χ3v) is 4.46. The molecule has 0 aliphatic carbocycles. The van der Waals surface area contributed by atoms with Crippen LogP contribution in [0.25, 0.3) is 22.0 Å². The van der Waals surface area contributed by atoms with Crippen molar-refractivity contribution in [3.8, 4) is 17.0 Å². The van der Waals surface area contributed by atoms with Crippen molar-refractivity contribution >= 4 is 40.5 Å². The molecule has 0 saturated heterocycles. The van der Waals surface area contributed by atoms with Crippen molar-refractivity contribution in [1.29, 1.82) is 0 Å². The Morgan fingerprint density at radius 3 is 2.79 bits per heavy atom. The Labute approximate surface area is 166 Å². The fourth-order valence-electron chi connectivity index (χ4n) is 2.78. The lowest BCUT2D eigenvalue weighted by atomic mass is 10.0. The van der Waals surface area contributed by atoms with E-state index in [-0.39, 0.29) is 12.9 Å². The number of hydrogen-bond acceptors (Lipinski definition) is 6. The lowest BCUT2D eigenvalue weighted by Crippen LogP contribution is -2.24. The number of hydrogen-bond donors (Lipinski definition) is 2. The molecule has 2 aromatic heterocycles. The highest BCUT2D eigenvalue weighted by atomic mass is 35.5. The van der Waals surface area contributed by atoms with Gasteiger partial charge in [0, 0.05) is 47.9 Å². The van der Waals surface area contributed by atoms with Crippen LogP contribution in [0.1, 0.15) is 5.56 Å². The maximum Gasteiger partial charge on any atom is 0.307 e. The van der Waals surface area contributed by atoms with Crippen LogP contribution in [0.2, 0.25) is 5.02 Å². The fourth-order valence-corrected chi connectivity index (χ4v) is 3.04. The summed E-state index contributed by atoms with van der Waals surface area (Å²) in [5, 5.41) is 1.40. The molecule has 28 heavy (non-hydrogen) atoms. The summed E-state index contributed by atoms with van der Waals surface area (Å²) in [6.07, 6.45) is 1.90. The number of anilines is 1. The average molecular weight is 403 g/mol. The summed E-state index contributed by atoms with van der Waals surface area (Å²) >= 11 is 6.50. The highest BCUT2D eigenvalue weighted by Crippen LogP contribution is 2.38. The summed E-state index contributed by atoms with van der Waals surface area (Å²) < 4.78 is 5.46. The summed E-state index contributed by atoms with van der Waals surface area (Å²) in [7, 11) is 5.36. The first kappa shape index (κ1) is 19.7. The number of benzene rings is 1. The molecule has 0 saturated carbocycles. The van der Waals surface area contributed by atoms with Crippen LogP contribution < -0.4 is 15.1 Å². The second-order valence-corrected chi connectivity index (χ2v) is 6.59. The standard InChI is InChI=1S/C19H19ClN4O4/c1-24(2)17-5-4-12(19(22-17)27-3)14-6-13-11(10-28-23-18(26)9-25)8-21-16(13)7-15(14)20/h4-9,21H,10H2,1-3H3,(H,23,26). The van der Waals surface area contributed by atoms with Crippen LogP contribution >= 0.6 is 11.6 Å². The van der Waals surface area contributed by atoms with Crippen LogP contribution in [0.5, 0.6) is 5.88 Å². The van der Waals surface area contributed by atoms with Crippen molar-refractivity contribution in [1.82, 2.24) is 15.4 Å². The smallest absolute Gasteiger partial charge is 0.307 e. The Bertz CT molecular complexity index is 1030. The van der Waals surface area contributed by atoms with E-state index >= 15 is 0 Å². The van der Waals surface area contributed by atoms with Crippen LogP contribution in [-0.2, 0) is 21.0 Å². The van der Waals surface area contributed by atoms with Gasteiger partial charge in [-0.3, -0.25) is 14.4 Å². The number of pyridine rings is 1. The molecule has 0 aliphatic rings. The number of nitrogens with one attached hydrogen (secondary N) is 2. The quantitative estimate of drug-likeness (QED) is 0.358. The van der Waals surface area contributed by atoms with E-state index in [1.165, 1.54) is 0 Å². The molecule has 0 fully saturated rings. The second kappa shape index (κ2) is 8.28. The van der Waals surface area contributed by atoms with Crippen LogP contribution in [0.3, 0.4) is 0 Å². The van der Waals surface area contributed by atoms with Crippen molar-refractivity contribution in [2.24, 2.45) is 0 Å². The van der Waals surface area contributed by atoms with Gasteiger partial charge < -0.3 is 14.6 Å². The molecular formula is C19H19ClN4O4. The number of methoxy groups -OCH3 is 1. The topological polar surface area (TPSA) is 96.6 Å². The van der Waals surface area contributed by atoms with E-state index in [1.54, 1.807) is 19.4 Å². The summed E-state index contributed by atoms with van der Waals surface area (Å²) in [5.41, 5.74) is 5.15. The largest absolute Gasteiger partial charge is 0.480 e. The Balaban J connectivity index is 2.00. The molecule has 0 radical (unpaired) electrons. The molecule has 8 nitrogen and oxygen atoms in total. The zero-order valence-corrected chi connectivity index (χ0v) is 16.3. The number of amides is 1. The lowest BCUT2D eigenvalue weighted by molar-refractivity contribution is -0.141. The zero-order chi connectivity index (χ0) is 20.3. The molecule has 0 aliphatic heterocycles. The number of aromatic nitrogens is 2. The predicted octanol–water partition coefficient (Wildman–Crippen LogP) is 2.70. The van der Waals surface area contributed by atoms with Crippen LogP contribution in [0.4, 0.5) is 5.82 Å². The monoisotopic (exact) mass is 402 g/mol. The van der Waals surface area contributed by atoms with Crippen molar-refractivity contribution in [2.45, 2.75) is 6.61 Å². The van der Waals surface area contributed by atoms with Crippen molar-refractivity contribution in [2.75, 3.05) is 26.1 Å². The number of aldehydes is 1. The number of H-pyrrole nitrogens is 1. The zero-order valence-electron chi connectivity index (χ0n) is 15.6. The molecule has 0 atom stereocenters. The van der Waals surface area contributed by atoms with E-state index in [9.17, 15) is 9.59 Å². The molecule has 1 amide bonds. The minimum absolute atomic E-state index is 0.0790. The van der Waals surface area contributed by atoms with Crippen molar-refractivity contribution < 1.29 is 19.2 Å². The highest BCUT2D eigenvalue weighted by molar-refractivity contribution is 6.34. The normalized spacial score (nSPS) is 10.7. The fraction of sp³-hybridized carbons (Fsp3) is 0.211. The third kappa shape index (κ3) is 3.92. The van der Waals surface area contributed by atoms with Gasteiger partial charge in [0.1, 0.15) is 12.4 Å². The Morgan fingerprint density at radius 1 is 1.32 bits per heavy atom. The Hall–Kier alpha value is -3.10. The van der Waals surface area contributed by atoms with E-state index < -0.39 is 5.91 Å². The molecule has 1 aromatic carbocycles. The summed E-state index contributed by atoms with van der Waals surface area (Å²) in [4.78, 5) is 35.9. The van der Waals surface area contributed by atoms with Crippen LogP contribution in [0, 0.1) is 0 Å². The average Bonchev–Trinajstić information content (AvgIpc) is 3.08. The first-order valence-corrected chi connectivity index (χ1v) is 8.71. The maximum atomic E-state index is 11.0. The Kier molecular flexibility index (Phi) is 5.81. The number of aromatic amines is 1. The minimum Gasteiger partial charge on any atom is -0.480 e. The summed E-state index contributed by atoms with van der Waals surface area (Å²) in [5.74, 6) is 0.374. The van der Waals surface area contributed by atoms with Gasteiger partial charge in [-0.15, -0.1) is 0 Å². The molecule has 2 N–H and O–H groups in total. The number of hydroxylamine groups is 1. The van der Waals surface area contributed by atoms with Crippen LogP contribution in [0.15, 0.2) is 30.5 Å². The Morgan fingerprint density at radius 2 is 2.11 bits per heavy atom. The van der Waals surface area contributed by atoms with Gasteiger partial charge in [0.15, 0.2) is 0 Å². The third-order valence-electron chi connectivity index (χ3n) is 4.15. The van der Waals surface area contributed by atoms with Gasteiger partial charge in [-0.2, -0.15) is 4.98 Å². The highest BCUT2D eigenvalue weighted by Gasteiger charge is 2.16. The minimum atomic E-state index is -0.847. The first-order chi connectivity index (χ1) is 13.4. The van der Waals surface area contributed by atoms with E-state index in [0.29, 0.717) is 10.9 Å². The molecule has 3 rings (SSSR count). The van der Waals surface area contributed by atoms with Gasteiger partial charge in [-0.25, -0.2) is 5.48 Å². The molecular weight excluding hydrogens is 384 g/mol. The van der Waals surface area contributed by atoms with Gasteiger partial charge in [-0.05, 0) is 24.3 Å². The van der Waals surface area contributed by atoms with Crippen molar-refractivity contribution in [3.63, 3.8) is 0 Å². The predicted molar refractivity (Wildman–Crippen MR) is 106 cm³/mol. The molecule has 146 valence electrons. The van der Waals surface area contributed by atoms with Gasteiger partial charge in [0.2, 0.25) is 12.2 Å². The van der Waals surface area contributed by atoms with E-state index in [0.717, 1.165) is 33.4 Å². The molecule has 3 aromatic rings. The molecule has 0 spiro atoms. The van der Waals surface area contributed by atoms with Gasteiger partial charge in [0.25, 0.3) is 0 Å². The second-order valence-electron chi connectivity index (χ2n) is 6.19. The SMILES string of the molecule is COc1nc(N(C)C)ccc1-c1cc2c(CONC(=O)C=O)c[nH]c2cc1Cl. The lowest BCUT2D eigenvalue weighted by Gasteiger charge is -2.15. The number of rotatable bonds is 7. The first-order valence-electron chi connectivity index (χ1n) is 8.33. The molecule has 0 bridgehead atoms. The van der Waals surface area contributed by atoms with E-state index in [2.05, 4.69) is 9.97 Å². The number of carbonyl (C=O) groups is 2.